The maximum absolute atomic E-state index is 13.8. The first-order chi connectivity index (χ1) is 17.5. The van der Waals surface area contributed by atoms with Crippen LogP contribution in [0.25, 0.3) is 5.69 Å². The van der Waals surface area contributed by atoms with E-state index in [1.54, 1.807) is 33.5 Å². The molecule has 0 aliphatic carbocycles. The Hall–Kier alpha value is -3.13. The lowest BCUT2D eigenvalue weighted by Gasteiger charge is -2.25. The second-order valence-electron chi connectivity index (χ2n) is 10.7. The molecule has 8 heteroatoms. The van der Waals surface area contributed by atoms with Gasteiger partial charge in [0.15, 0.2) is 0 Å². The average Bonchev–Trinajstić information content (AvgIpc) is 3.17. The number of benzene rings is 2. The molecule has 0 radical (unpaired) electrons. The van der Waals surface area contributed by atoms with Crippen LogP contribution in [-0.4, -0.2) is 39.9 Å². The van der Waals surface area contributed by atoms with Gasteiger partial charge in [-0.1, -0.05) is 57.5 Å². The van der Waals surface area contributed by atoms with Crippen LogP contribution >= 0.6 is 11.8 Å². The van der Waals surface area contributed by atoms with Crippen molar-refractivity contribution < 1.29 is 14.0 Å². The van der Waals surface area contributed by atoms with E-state index in [1.807, 2.05) is 19.9 Å². The Balaban J connectivity index is 1.98. The third-order valence-electron chi connectivity index (χ3n) is 6.54. The first-order valence-electron chi connectivity index (χ1n) is 12.7. The molecular weight excluding hydrogens is 487 g/mol. The van der Waals surface area contributed by atoms with Crippen molar-refractivity contribution >= 4 is 29.4 Å². The van der Waals surface area contributed by atoms with E-state index in [4.69, 9.17) is 5.10 Å². The summed E-state index contributed by atoms with van der Waals surface area (Å²) in [5, 5.41) is 7.85. The molecule has 1 aromatic heterocycles. The van der Waals surface area contributed by atoms with Gasteiger partial charge in [0.25, 0.3) is 0 Å². The van der Waals surface area contributed by atoms with Crippen LogP contribution in [0.4, 0.5) is 10.2 Å². The highest BCUT2D eigenvalue weighted by atomic mass is 32.2. The zero-order valence-electron chi connectivity index (χ0n) is 22.3. The summed E-state index contributed by atoms with van der Waals surface area (Å²) >= 11 is 1.55. The van der Waals surface area contributed by atoms with Crippen molar-refractivity contribution in [2.75, 3.05) is 17.2 Å². The van der Waals surface area contributed by atoms with E-state index < -0.39 is 0 Å². The predicted molar refractivity (Wildman–Crippen MR) is 148 cm³/mol. The molecule has 2 amide bonds. The Kier molecular flexibility index (Phi) is 7.78. The lowest BCUT2D eigenvalue weighted by Crippen LogP contribution is -2.44. The number of carbonyl (C=O) groups excluding carboxylic acids is 2. The number of thioether (sulfide) groups is 1. The van der Waals surface area contributed by atoms with Crippen LogP contribution in [-0.2, 0) is 15.0 Å². The molecule has 2 aromatic carbocycles. The molecule has 0 saturated heterocycles. The van der Waals surface area contributed by atoms with Gasteiger partial charge in [-0.2, -0.15) is 5.10 Å². The zero-order chi connectivity index (χ0) is 26.9. The second kappa shape index (κ2) is 10.7. The first kappa shape index (κ1) is 26.9. The van der Waals surface area contributed by atoms with Crippen molar-refractivity contribution in [2.24, 2.45) is 0 Å². The third kappa shape index (κ3) is 5.74. The van der Waals surface area contributed by atoms with E-state index in [-0.39, 0.29) is 46.6 Å². The van der Waals surface area contributed by atoms with Crippen molar-refractivity contribution in [3.63, 3.8) is 0 Å². The number of rotatable bonds is 6. The highest BCUT2D eigenvalue weighted by Gasteiger charge is 2.40. The van der Waals surface area contributed by atoms with Crippen LogP contribution in [0.3, 0.4) is 0 Å². The first-order valence-corrected chi connectivity index (χ1v) is 13.7. The lowest BCUT2D eigenvalue weighted by atomic mass is 9.87. The average molecular weight is 523 g/mol. The van der Waals surface area contributed by atoms with Crippen molar-refractivity contribution in [3.05, 3.63) is 76.7 Å². The highest BCUT2D eigenvalue weighted by Crippen LogP contribution is 2.48. The van der Waals surface area contributed by atoms with E-state index >= 15 is 0 Å². The molecule has 196 valence electrons. The maximum Gasteiger partial charge on any atom is 0.240 e. The molecule has 6 nitrogen and oxygen atoms in total. The van der Waals surface area contributed by atoms with Crippen molar-refractivity contribution in [2.45, 2.75) is 64.7 Å². The number of anilines is 1. The number of aryl methyl sites for hydroxylation is 1. The molecule has 1 N–H and O–H groups in total. The molecule has 4 rings (SSSR count). The minimum Gasteiger partial charge on any atom is -0.352 e. The van der Waals surface area contributed by atoms with Gasteiger partial charge in [0.2, 0.25) is 11.8 Å². The standard InChI is InChI=1S/C29H35FN4O2S/c1-7-19(3)31-23(35)16-33-24(36)17-37-26(20-10-8-9-18(2)15-20)25-27(29(4,5)6)32-34(28(25)33)22-13-11-21(30)12-14-22/h8-15,19,26H,7,16-17H2,1-6H3,(H,31,35). The number of aromatic nitrogens is 2. The monoisotopic (exact) mass is 522 g/mol. The Morgan fingerprint density at radius 3 is 2.54 bits per heavy atom. The summed E-state index contributed by atoms with van der Waals surface area (Å²) in [6.45, 7) is 12.2. The van der Waals surface area contributed by atoms with E-state index in [9.17, 15) is 14.0 Å². The Bertz CT molecular complexity index is 1300. The number of fused-ring (bicyclic) bond motifs is 1. The molecule has 0 bridgehead atoms. The number of carbonyl (C=O) groups is 2. The molecule has 2 unspecified atom stereocenters. The second-order valence-corrected chi connectivity index (χ2v) is 11.8. The number of nitrogens with one attached hydrogen (secondary N) is 1. The van der Waals surface area contributed by atoms with Crippen LogP contribution in [0.15, 0.2) is 48.5 Å². The van der Waals surface area contributed by atoms with Gasteiger partial charge >= 0.3 is 0 Å². The largest absolute Gasteiger partial charge is 0.352 e. The third-order valence-corrected chi connectivity index (χ3v) is 7.79. The zero-order valence-corrected chi connectivity index (χ0v) is 23.2. The molecular formula is C29H35FN4O2S. The summed E-state index contributed by atoms with van der Waals surface area (Å²) in [4.78, 5) is 28.2. The number of halogens is 1. The van der Waals surface area contributed by atoms with Crippen molar-refractivity contribution in [1.82, 2.24) is 15.1 Å². The van der Waals surface area contributed by atoms with Gasteiger partial charge in [-0.15, -0.1) is 11.8 Å². The molecule has 0 fully saturated rings. The van der Waals surface area contributed by atoms with Crippen LogP contribution < -0.4 is 10.2 Å². The highest BCUT2D eigenvalue weighted by molar-refractivity contribution is 8.00. The van der Waals surface area contributed by atoms with E-state index in [1.165, 1.54) is 12.1 Å². The summed E-state index contributed by atoms with van der Waals surface area (Å²) in [6, 6.07) is 14.3. The van der Waals surface area contributed by atoms with Crippen LogP contribution in [0.1, 0.15) is 68.7 Å². The maximum atomic E-state index is 13.8. The van der Waals surface area contributed by atoms with Gasteiger partial charge in [-0.05, 0) is 50.1 Å². The summed E-state index contributed by atoms with van der Waals surface area (Å²) in [5.74, 6) is 0.0439. The molecule has 0 spiro atoms. The molecule has 2 atom stereocenters. The molecule has 2 heterocycles. The van der Waals surface area contributed by atoms with Crippen LogP contribution in [0.5, 0.6) is 0 Å². The fraction of sp³-hybridized carbons (Fsp3) is 0.414. The Morgan fingerprint density at radius 2 is 1.92 bits per heavy atom. The van der Waals surface area contributed by atoms with Gasteiger partial charge in [-0.25, -0.2) is 9.07 Å². The van der Waals surface area contributed by atoms with E-state index in [0.29, 0.717) is 11.5 Å². The van der Waals surface area contributed by atoms with Crippen LogP contribution in [0.2, 0.25) is 0 Å². The number of nitrogens with zero attached hydrogens (tertiary/aromatic N) is 3. The Labute approximate surface area is 222 Å². The lowest BCUT2D eigenvalue weighted by molar-refractivity contribution is -0.123. The molecule has 1 aliphatic rings. The quantitative estimate of drug-likeness (QED) is 0.451. The normalized spacial score (nSPS) is 16.8. The Morgan fingerprint density at radius 1 is 1.22 bits per heavy atom. The summed E-state index contributed by atoms with van der Waals surface area (Å²) in [5.41, 5.74) is 4.23. The minimum atomic E-state index is -0.355. The topological polar surface area (TPSA) is 67.2 Å². The van der Waals surface area contributed by atoms with E-state index in [2.05, 4.69) is 51.2 Å². The predicted octanol–water partition coefficient (Wildman–Crippen LogP) is 5.70. The molecule has 1 aliphatic heterocycles. The summed E-state index contributed by atoms with van der Waals surface area (Å²) in [7, 11) is 0. The molecule has 0 saturated carbocycles. The van der Waals surface area contributed by atoms with Gasteiger partial charge in [0.05, 0.1) is 22.4 Å². The van der Waals surface area contributed by atoms with Crippen molar-refractivity contribution in [1.29, 1.82) is 0 Å². The van der Waals surface area contributed by atoms with Gasteiger partial charge in [0, 0.05) is 17.0 Å². The SMILES string of the molecule is CCC(C)NC(=O)CN1C(=O)CSC(c2cccc(C)c2)c2c(C(C)(C)C)nn(-c3ccc(F)cc3)c21. The van der Waals surface area contributed by atoms with Crippen LogP contribution in [0, 0.1) is 12.7 Å². The van der Waals surface area contributed by atoms with E-state index in [0.717, 1.165) is 28.8 Å². The summed E-state index contributed by atoms with van der Waals surface area (Å²) in [6.07, 6.45) is 0.790. The minimum absolute atomic E-state index is 0.00406. The smallest absolute Gasteiger partial charge is 0.240 e. The van der Waals surface area contributed by atoms with Gasteiger partial charge in [0.1, 0.15) is 18.2 Å². The number of hydrogen-bond donors (Lipinski definition) is 1. The number of hydrogen-bond acceptors (Lipinski definition) is 4. The molecule has 37 heavy (non-hydrogen) atoms. The fourth-order valence-corrected chi connectivity index (χ4v) is 5.69. The van der Waals surface area contributed by atoms with Gasteiger partial charge < -0.3 is 5.32 Å². The van der Waals surface area contributed by atoms with Crippen molar-refractivity contribution in [3.8, 4) is 5.69 Å². The summed E-state index contributed by atoms with van der Waals surface area (Å²) < 4.78 is 15.5. The molecule has 3 aromatic rings. The van der Waals surface area contributed by atoms with Gasteiger partial charge in [-0.3, -0.25) is 14.5 Å². The number of amides is 2. The fourth-order valence-electron chi connectivity index (χ4n) is 4.50.